The number of imidazole rings is 1. The third-order valence-corrected chi connectivity index (χ3v) is 5.47. The van der Waals surface area contributed by atoms with Crippen LogP contribution in [0.5, 0.6) is 0 Å². The highest BCUT2D eigenvalue weighted by Gasteiger charge is 2.38. The van der Waals surface area contributed by atoms with Gasteiger partial charge >= 0.3 is 18.3 Å². The third kappa shape index (κ3) is 7.70. The number of hydrogen-bond donors (Lipinski definition) is 1. The molecule has 35 heavy (non-hydrogen) atoms. The first-order valence-corrected chi connectivity index (χ1v) is 10.6. The number of carbonyl (C=O) groups is 2. The van der Waals surface area contributed by atoms with Gasteiger partial charge in [0.2, 0.25) is 0 Å². The molecule has 0 radical (unpaired) electrons. The summed E-state index contributed by atoms with van der Waals surface area (Å²) in [6, 6.07) is 4.78. The fourth-order valence-corrected chi connectivity index (χ4v) is 3.22. The molecule has 0 fully saturated rings. The Kier molecular flexibility index (Phi) is 8.93. The maximum Gasteiger partial charge on any atom is 0.490 e. The first kappa shape index (κ1) is 28.1. The van der Waals surface area contributed by atoms with Gasteiger partial charge in [-0.25, -0.2) is 9.78 Å². The number of aliphatic carboxylic acids is 1. The van der Waals surface area contributed by atoms with Crippen LogP contribution in [-0.2, 0) is 30.6 Å². The van der Waals surface area contributed by atoms with Gasteiger partial charge in [0.15, 0.2) is 0 Å². The lowest BCUT2D eigenvalue weighted by atomic mass is 10.1. The van der Waals surface area contributed by atoms with Crippen molar-refractivity contribution >= 4 is 11.9 Å². The number of aromatic nitrogens is 2. The normalized spacial score (nSPS) is 14.3. The van der Waals surface area contributed by atoms with Crippen LogP contribution in [0.3, 0.4) is 0 Å². The Labute approximate surface area is 198 Å². The lowest BCUT2D eigenvalue weighted by molar-refractivity contribution is -0.192. The van der Waals surface area contributed by atoms with Crippen LogP contribution in [0, 0.1) is 0 Å². The summed E-state index contributed by atoms with van der Waals surface area (Å²) in [7, 11) is 2.03. The maximum atomic E-state index is 12.9. The van der Waals surface area contributed by atoms with Crippen LogP contribution in [0.15, 0.2) is 30.6 Å². The zero-order chi connectivity index (χ0) is 26.6. The van der Waals surface area contributed by atoms with Crippen molar-refractivity contribution < 1.29 is 41.0 Å². The van der Waals surface area contributed by atoms with Gasteiger partial charge in [-0.15, -0.1) is 0 Å². The highest BCUT2D eigenvalue weighted by molar-refractivity contribution is 5.94. The molecule has 1 aliphatic rings. The molecule has 0 saturated carbocycles. The van der Waals surface area contributed by atoms with Crippen molar-refractivity contribution in [3.63, 3.8) is 0 Å². The van der Waals surface area contributed by atoms with Gasteiger partial charge in [-0.3, -0.25) is 9.69 Å². The van der Waals surface area contributed by atoms with Crippen molar-refractivity contribution in [2.75, 3.05) is 13.6 Å². The second kappa shape index (κ2) is 11.1. The molecule has 13 heteroatoms. The average Bonchev–Trinajstić information content (AvgIpc) is 2.99. The molecule has 1 N–H and O–H groups in total. The van der Waals surface area contributed by atoms with Gasteiger partial charge in [-0.1, -0.05) is 0 Å². The third-order valence-electron chi connectivity index (χ3n) is 5.47. The number of carboxylic acids is 1. The summed E-state index contributed by atoms with van der Waals surface area (Å²) in [5, 5.41) is 7.12. The molecule has 3 rings (SSSR count). The van der Waals surface area contributed by atoms with Crippen molar-refractivity contribution in [2.24, 2.45) is 0 Å². The highest BCUT2D eigenvalue weighted by Crippen LogP contribution is 2.29. The van der Waals surface area contributed by atoms with Crippen molar-refractivity contribution in [1.29, 1.82) is 0 Å². The van der Waals surface area contributed by atoms with E-state index in [1.54, 1.807) is 4.90 Å². The van der Waals surface area contributed by atoms with E-state index in [0.717, 1.165) is 36.5 Å². The maximum absolute atomic E-state index is 12.9. The van der Waals surface area contributed by atoms with E-state index >= 15 is 0 Å². The Balaban J connectivity index is 0.000000540. The van der Waals surface area contributed by atoms with Crippen molar-refractivity contribution in [1.82, 2.24) is 19.4 Å². The molecule has 0 atom stereocenters. The van der Waals surface area contributed by atoms with Gasteiger partial charge in [0.25, 0.3) is 5.91 Å². The SMILES string of the molecule is CC(C)N(C)Cc1ncn2c1CN(C(=O)c1ccc(C(F)(F)F)cc1)CCC2.O=C(O)C(F)(F)F. The zero-order valence-corrected chi connectivity index (χ0v) is 19.3. The number of carboxylic acid groups (broad SMARTS) is 1. The second-order valence-corrected chi connectivity index (χ2v) is 8.30. The summed E-state index contributed by atoms with van der Waals surface area (Å²) in [6.07, 6.45) is -6.91. The quantitative estimate of drug-likeness (QED) is 0.619. The fourth-order valence-electron chi connectivity index (χ4n) is 3.22. The minimum atomic E-state index is -5.08. The Morgan fingerprint density at radius 1 is 1.09 bits per heavy atom. The molecule has 0 aliphatic carbocycles. The Bertz CT molecular complexity index is 1020. The number of hydrogen-bond acceptors (Lipinski definition) is 4. The molecule has 1 aliphatic heterocycles. The summed E-state index contributed by atoms with van der Waals surface area (Å²) in [6.45, 7) is 6.62. The van der Waals surface area contributed by atoms with Gasteiger partial charge in [0.1, 0.15) is 0 Å². The number of fused-ring (bicyclic) bond motifs is 1. The van der Waals surface area contributed by atoms with Crippen LogP contribution in [0.2, 0.25) is 0 Å². The summed E-state index contributed by atoms with van der Waals surface area (Å²) in [4.78, 5) is 30.2. The predicted molar refractivity (Wildman–Crippen MR) is 113 cm³/mol. The van der Waals surface area contributed by atoms with E-state index in [9.17, 15) is 31.1 Å². The number of nitrogens with zero attached hydrogens (tertiary/aromatic N) is 4. The molecule has 194 valence electrons. The van der Waals surface area contributed by atoms with E-state index in [2.05, 4.69) is 28.3 Å². The zero-order valence-electron chi connectivity index (χ0n) is 19.3. The molecule has 1 aromatic heterocycles. The number of alkyl halides is 6. The minimum absolute atomic E-state index is 0.258. The van der Waals surface area contributed by atoms with Gasteiger partial charge in [0, 0.05) is 31.2 Å². The molecule has 1 aromatic carbocycles. The highest BCUT2D eigenvalue weighted by atomic mass is 19.4. The van der Waals surface area contributed by atoms with E-state index in [1.807, 2.05) is 13.4 Å². The molecule has 2 heterocycles. The van der Waals surface area contributed by atoms with Gasteiger partial charge in [0.05, 0.1) is 29.8 Å². The van der Waals surface area contributed by atoms with E-state index in [0.29, 0.717) is 25.7 Å². The molecule has 2 aromatic rings. The average molecular weight is 508 g/mol. The molecular weight excluding hydrogens is 482 g/mol. The van der Waals surface area contributed by atoms with Gasteiger partial charge < -0.3 is 14.6 Å². The number of benzene rings is 1. The summed E-state index contributed by atoms with van der Waals surface area (Å²) < 4.78 is 72.1. The van der Waals surface area contributed by atoms with E-state index in [4.69, 9.17) is 9.90 Å². The lowest BCUT2D eigenvalue weighted by Crippen LogP contribution is -2.32. The Morgan fingerprint density at radius 3 is 2.14 bits per heavy atom. The van der Waals surface area contributed by atoms with Crippen LogP contribution >= 0.6 is 0 Å². The van der Waals surface area contributed by atoms with E-state index in [-0.39, 0.29) is 11.5 Å². The Morgan fingerprint density at radius 2 is 1.66 bits per heavy atom. The minimum Gasteiger partial charge on any atom is -0.475 e. The van der Waals surface area contributed by atoms with Crippen LogP contribution in [0.25, 0.3) is 0 Å². The standard InChI is InChI=1S/C20H25F3N4O.C2HF3O2/c1-14(2)25(3)11-17-18-12-26(9-4-10-27(18)13-24-17)19(28)15-5-7-16(8-6-15)20(21,22)23;3-2(4,5)1(6)7/h5-8,13-14H,4,9-12H2,1-3H3;(H,6,7). The number of halogens is 6. The van der Waals surface area contributed by atoms with Crippen LogP contribution in [0.1, 0.15) is 47.6 Å². The molecule has 0 unspecified atom stereocenters. The van der Waals surface area contributed by atoms with Crippen molar-refractivity contribution in [2.45, 2.75) is 58.3 Å². The number of amides is 1. The second-order valence-electron chi connectivity index (χ2n) is 8.30. The molecular formula is C22H26F6N4O3. The van der Waals surface area contributed by atoms with Crippen molar-refractivity contribution in [3.8, 4) is 0 Å². The monoisotopic (exact) mass is 508 g/mol. The number of rotatable bonds is 4. The lowest BCUT2D eigenvalue weighted by Gasteiger charge is -2.23. The smallest absolute Gasteiger partial charge is 0.475 e. The van der Waals surface area contributed by atoms with Crippen molar-refractivity contribution in [3.05, 3.63) is 53.1 Å². The first-order chi connectivity index (χ1) is 16.1. The number of aryl methyl sites for hydroxylation is 1. The van der Waals surface area contributed by atoms with Crippen LogP contribution in [0.4, 0.5) is 26.3 Å². The molecule has 7 nitrogen and oxygen atoms in total. The van der Waals surface area contributed by atoms with Gasteiger partial charge in [-0.2, -0.15) is 26.3 Å². The van der Waals surface area contributed by atoms with Crippen LogP contribution < -0.4 is 0 Å². The molecule has 1 amide bonds. The fraction of sp³-hybridized carbons (Fsp3) is 0.500. The Hall–Kier alpha value is -3.09. The van der Waals surface area contributed by atoms with Crippen LogP contribution in [-0.4, -0.2) is 62.1 Å². The first-order valence-electron chi connectivity index (χ1n) is 10.6. The largest absolute Gasteiger partial charge is 0.490 e. The molecule has 0 bridgehead atoms. The molecule has 0 spiro atoms. The summed E-state index contributed by atoms with van der Waals surface area (Å²) in [5.41, 5.74) is 1.44. The topological polar surface area (TPSA) is 78.7 Å². The molecule has 0 saturated heterocycles. The predicted octanol–water partition coefficient (Wildman–Crippen LogP) is 4.42. The van der Waals surface area contributed by atoms with E-state index in [1.165, 1.54) is 12.1 Å². The summed E-state index contributed by atoms with van der Waals surface area (Å²) >= 11 is 0. The van der Waals surface area contributed by atoms with E-state index < -0.39 is 23.9 Å². The summed E-state index contributed by atoms with van der Waals surface area (Å²) in [5.74, 6) is -3.01. The number of carbonyl (C=O) groups excluding carboxylic acids is 1. The van der Waals surface area contributed by atoms with Gasteiger partial charge in [-0.05, 0) is 51.6 Å².